The number of rotatable bonds is 2. The minimum absolute atomic E-state index is 0.0955. The number of carbonyl (C=O) groups is 1. The molecule has 1 amide bonds. The van der Waals surface area contributed by atoms with Gasteiger partial charge in [0.1, 0.15) is 22.7 Å². The lowest BCUT2D eigenvalue weighted by atomic mass is 10.1. The number of β-amino-alcohol motifs (C(OH)–C–C–N with tert-alkyl or cyclic N) is 1. The van der Waals surface area contributed by atoms with Gasteiger partial charge in [-0.2, -0.15) is 0 Å². The zero-order valence-electron chi connectivity index (χ0n) is 13.9. The molecule has 0 aliphatic carbocycles. The van der Waals surface area contributed by atoms with Gasteiger partial charge >= 0.3 is 6.09 Å². The molecule has 1 N–H and O–H groups in total. The quantitative estimate of drug-likeness (QED) is 0.839. The van der Waals surface area contributed by atoms with E-state index in [2.05, 4.69) is 9.97 Å². The molecule has 1 aliphatic rings. The molecule has 7 nitrogen and oxygen atoms in total. The molecule has 0 spiro atoms. The Bertz CT molecular complexity index is 755. The number of amides is 1. The number of nitrogens with zero attached hydrogens (tertiary/aromatic N) is 4. The molecular formula is C16H21ClN4O3. The number of carbonyl (C=O) groups excluding carboxylic acids is 1. The van der Waals surface area contributed by atoms with Crippen molar-refractivity contribution in [3.63, 3.8) is 0 Å². The summed E-state index contributed by atoms with van der Waals surface area (Å²) in [4.78, 5) is 21.9. The van der Waals surface area contributed by atoms with Crippen LogP contribution >= 0.6 is 11.6 Å². The van der Waals surface area contributed by atoms with E-state index in [0.717, 1.165) is 11.0 Å². The first-order chi connectivity index (χ1) is 11.2. The molecule has 130 valence electrons. The number of likely N-dealkylation sites (tertiary alicyclic amines) is 1. The van der Waals surface area contributed by atoms with Gasteiger partial charge in [0.25, 0.3) is 0 Å². The van der Waals surface area contributed by atoms with E-state index < -0.39 is 17.8 Å². The summed E-state index contributed by atoms with van der Waals surface area (Å²) in [6, 6.07) is 1.85. The van der Waals surface area contributed by atoms with Crippen molar-refractivity contribution in [1.82, 2.24) is 19.4 Å². The number of aliphatic hydroxyl groups is 1. The standard InChI is InChI=1S/C16H21ClN4O3/c1-16(2,3)24-15(23)21-7-10(12(22)8-21)6-20-5-4-11-13(17)18-9-19-14(11)20/h4-5,9-10,12,22H,6-8H2,1-3H3/t10-,12+/m1/s1. The summed E-state index contributed by atoms with van der Waals surface area (Å²) in [6.45, 7) is 6.72. The topological polar surface area (TPSA) is 80.5 Å². The maximum absolute atomic E-state index is 12.2. The lowest BCUT2D eigenvalue weighted by molar-refractivity contribution is 0.0269. The second-order valence-electron chi connectivity index (χ2n) is 7.08. The van der Waals surface area contributed by atoms with Crippen LogP contribution in [0.5, 0.6) is 0 Å². The predicted molar refractivity (Wildman–Crippen MR) is 89.8 cm³/mol. The molecule has 2 aromatic heterocycles. The fourth-order valence-electron chi connectivity index (χ4n) is 2.88. The van der Waals surface area contributed by atoms with Crippen molar-refractivity contribution >= 4 is 28.7 Å². The van der Waals surface area contributed by atoms with E-state index in [1.54, 1.807) is 4.90 Å². The van der Waals surface area contributed by atoms with Crippen LogP contribution in [-0.2, 0) is 11.3 Å². The lowest BCUT2D eigenvalue weighted by Gasteiger charge is -2.24. The molecule has 1 fully saturated rings. The summed E-state index contributed by atoms with van der Waals surface area (Å²) in [5.74, 6) is -0.0955. The highest BCUT2D eigenvalue weighted by atomic mass is 35.5. The number of hydrogen-bond donors (Lipinski definition) is 1. The van der Waals surface area contributed by atoms with Gasteiger partial charge in [0.2, 0.25) is 0 Å². The SMILES string of the molecule is CC(C)(C)OC(=O)N1C[C@@H](Cn2ccc3c(Cl)ncnc32)[C@@H](O)C1. The normalized spacial score (nSPS) is 21.5. The van der Waals surface area contributed by atoms with Crippen LogP contribution in [0.25, 0.3) is 11.0 Å². The van der Waals surface area contributed by atoms with Crippen molar-refractivity contribution in [1.29, 1.82) is 0 Å². The summed E-state index contributed by atoms with van der Waals surface area (Å²) < 4.78 is 7.30. The number of aromatic nitrogens is 3. The number of hydrogen-bond acceptors (Lipinski definition) is 5. The Morgan fingerprint density at radius 1 is 1.42 bits per heavy atom. The van der Waals surface area contributed by atoms with Gasteiger partial charge in [-0.15, -0.1) is 0 Å². The molecule has 0 unspecified atom stereocenters. The molecule has 2 aromatic rings. The number of halogens is 1. The van der Waals surface area contributed by atoms with Crippen LogP contribution in [-0.4, -0.2) is 55.4 Å². The molecule has 0 bridgehead atoms. The largest absolute Gasteiger partial charge is 0.444 e. The van der Waals surface area contributed by atoms with Crippen LogP contribution in [0, 0.1) is 5.92 Å². The van der Waals surface area contributed by atoms with Crippen molar-refractivity contribution < 1.29 is 14.6 Å². The predicted octanol–water partition coefficient (Wildman–Crippen LogP) is 2.31. The van der Waals surface area contributed by atoms with E-state index in [1.165, 1.54) is 6.33 Å². The molecule has 2 atom stereocenters. The molecule has 1 saturated heterocycles. The van der Waals surface area contributed by atoms with Gasteiger partial charge < -0.3 is 19.3 Å². The molecule has 24 heavy (non-hydrogen) atoms. The van der Waals surface area contributed by atoms with Crippen molar-refractivity contribution in [2.24, 2.45) is 5.92 Å². The van der Waals surface area contributed by atoms with Crippen molar-refractivity contribution in [2.45, 2.75) is 39.0 Å². The van der Waals surface area contributed by atoms with E-state index in [9.17, 15) is 9.90 Å². The Kier molecular flexibility index (Phi) is 4.40. The van der Waals surface area contributed by atoms with Gasteiger partial charge in [-0.25, -0.2) is 14.8 Å². The highest BCUT2D eigenvalue weighted by Gasteiger charge is 2.36. The zero-order valence-corrected chi connectivity index (χ0v) is 14.7. The number of aliphatic hydroxyl groups excluding tert-OH is 1. The summed E-state index contributed by atoms with van der Waals surface area (Å²) in [5.41, 5.74) is 0.169. The van der Waals surface area contributed by atoms with E-state index in [0.29, 0.717) is 18.2 Å². The highest BCUT2D eigenvalue weighted by molar-refractivity contribution is 6.33. The van der Waals surface area contributed by atoms with Crippen LogP contribution in [0.2, 0.25) is 5.15 Å². The number of fused-ring (bicyclic) bond motifs is 1. The van der Waals surface area contributed by atoms with Gasteiger partial charge in [0.05, 0.1) is 18.0 Å². The zero-order chi connectivity index (χ0) is 17.5. The molecule has 3 rings (SSSR count). The Balaban J connectivity index is 1.71. The third-order valence-electron chi connectivity index (χ3n) is 4.00. The van der Waals surface area contributed by atoms with Gasteiger partial charge in [-0.05, 0) is 26.8 Å². The first-order valence-electron chi connectivity index (χ1n) is 7.86. The molecule has 0 saturated carbocycles. The van der Waals surface area contributed by atoms with E-state index in [-0.39, 0.29) is 12.5 Å². The van der Waals surface area contributed by atoms with Crippen molar-refractivity contribution in [3.8, 4) is 0 Å². The van der Waals surface area contributed by atoms with Crippen LogP contribution in [0.3, 0.4) is 0 Å². The number of ether oxygens (including phenoxy) is 1. The van der Waals surface area contributed by atoms with Gasteiger partial charge in [-0.1, -0.05) is 11.6 Å². The van der Waals surface area contributed by atoms with Gasteiger partial charge in [0.15, 0.2) is 0 Å². The second kappa shape index (κ2) is 6.22. The van der Waals surface area contributed by atoms with Crippen LogP contribution in [0.4, 0.5) is 4.79 Å². The Hall–Kier alpha value is -1.86. The second-order valence-corrected chi connectivity index (χ2v) is 7.44. The minimum Gasteiger partial charge on any atom is -0.444 e. The average molecular weight is 353 g/mol. The summed E-state index contributed by atoms with van der Waals surface area (Å²) in [5, 5.41) is 11.5. The molecule has 8 heteroatoms. The molecule has 3 heterocycles. The van der Waals surface area contributed by atoms with E-state index in [4.69, 9.17) is 16.3 Å². The van der Waals surface area contributed by atoms with Crippen molar-refractivity contribution in [3.05, 3.63) is 23.7 Å². The molecule has 1 aliphatic heterocycles. The van der Waals surface area contributed by atoms with Gasteiger partial charge in [-0.3, -0.25) is 0 Å². The van der Waals surface area contributed by atoms with Gasteiger partial charge in [0, 0.05) is 25.2 Å². The highest BCUT2D eigenvalue weighted by Crippen LogP contribution is 2.25. The fourth-order valence-corrected chi connectivity index (χ4v) is 3.07. The Morgan fingerprint density at radius 3 is 2.88 bits per heavy atom. The summed E-state index contributed by atoms with van der Waals surface area (Å²) in [7, 11) is 0. The minimum atomic E-state index is -0.604. The summed E-state index contributed by atoms with van der Waals surface area (Å²) in [6.07, 6.45) is 2.28. The van der Waals surface area contributed by atoms with Crippen LogP contribution < -0.4 is 0 Å². The van der Waals surface area contributed by atoms with E-state index >= 15 is 0 Å². The maximum atomic E-state index is 12.2. The smallest absolute Gasteiger partial charge is 0.410 e. The average Bonchev–Trinajstić information content (AvgIpc) is 3.04. The Morgan fingerprint density at radius 2 is 2.17 bits per heavy atom. The van der Waals surface area contributed by atoms with Crippen molar-refractivity contribution in [2.75, 3.05) is 13.1 Å². The van der Waals surface area contributed by atoms with Crippen LogP contribution in [0.15, 0.2) is 18.6 Å². The third kappa shape index (κ3) is 3.47. The first-order valence-corrected chi connectivity index (χ1v) is 8.24. The summed E-state index contributed by atoms with van der Waals surface area (Å²) >= 11 is 6.06. The third-order valence-corrected chi connectivity index (χ3v) is 4.30. The fraction of sp³-hybridized carbons (Fsp3) is 0.562. The van der Waals surface area contributed by atoms with E-state index in [1.807, 2.05) is 37.6 Å². The Labute approximate surface area is 145 Å². The lowest BCUT2D eigenvalue weighted by Crippen LogP contribution is -2.35. The molecular weight excluding hydrogens is 332 g/mol. The van der Waals surface area contributed by atoms with Crippen LogP contribution in [0.1, 0.15) is 20.8 Å². The maximum Gasteiger partial charge on any atom is 0.410 e. The molecule has 0 radical (unpaired) electrons. The first kappa shape index (κ1) is 17.0. The molecule has 0 aromatic carbocycles. The monoisotopic (exact) mass is 352 g/mol.